The molecule has 19 heavy (non-hydrogen) atoms. The van der Waals surface area contributed by atoms with Gasteiger partial charge in [-0.2, -0.15) is 0 Å². The van der Waals surface area contributed by atoms with Gasteiger partial charge in [0.2, 0.25) is 0 Å². The zero-order valence-electron chi connectivity index (χ0n) is 10.7. The van der Waals surface area contributed by atoms with E-state index in [0.29, 0.717) is 6.04 Å². The molecule has 2 aromatic rings. The molecule has 0 spiro atoms. The third-order valence-electron chi connectivity index (χ3n) is 3.60. The molecule has 2 aromatic carbocycles. The SMILES string of the molecule is CC1Cc2ccc(O)cc2C(c2cccc(F)c2)N1. The predicted molar refractivity (Wildman–Crippen MR) is 72.7 cm³/mol. The van der Waals surface area contributed by atoms with Gasteiger partial charge in [0, 0.05) is 6.04 Å². The average Bonchev–Trinajstić information content (AvgIpc) is 2.38. The summed E-state index contributed by atoms with van der Waals surface area (Å²) in [5, 5.41) is 13.1. The van der Waals surface area contributed by atoms with Crippen molar-refractivity contribution in [2.24, 2.45) is 0 Å². The molecule has 0 amide bonds. The molecule has 3 rings (SSSR count). The molecule has 0 aromatic heterocycles. The van der Waals surface area contributed by atoms with E-state index in [1.165, 1.54) is 11.6 Å². The van der Waals surface area contributed by atoms with Crippen molar-refractivity contribution in [3.8, 4) is 5.75 Å². The minimum absolute atomic E-state index is 0.0680. The summed E-state index contributed by atoms with van der Waals surface area (Å²) in [7, 11) is 0. The standard InChI is InChI=1S/C16H16FNO/c1-10-7-11-5-6-14(19)9-15(11)16(18-10)12-3-2-4-13(17)8-12/h2-6,8-10,16,18-19H,7H2,1H3. The van der Waals surface area contributed by atoms with Crippen molar-refractivity contribution in [1.82, 2.24) is 5.32 Å². The summed E-state index contributed by atoms with van der Waals surface area (Å²) in [4.78, 5) is 0. The first-order chi connectivity index (χ1) is 9.13. The summed E-state index contributed by atoms with van der Waals surface area (Å²) in [5.41, 5.74) is 3.13. The summed E-state index contributed by atoms with van der Waals surface area (Å²) in [6, 6.07) is 12.3. The Morgan fingerprint density at radius 2 is 2.05 bits per heavy atom. The van der Waals surface area contributed by atoms with Crippen molar-refractivity contribution in [1.29, 1.82) is 0 Å². The molecule has 0 radical (unpaired) electrons. The largest absolute Gasteiger partial charge is 0.508 e. The first-order valence-electron chi connectivity index (χ1n) is 6.47. The van der Waals surface area contributed by atoms with Gasteiger partial charge in [0.05, 0.1) is 6.04 Å². The highest BCUT2D eigenvalue weighted by Gasteiger charge is 2.25. The van der Waals surface area contributed by atoms with Gasteiger partial charge in [-0.25, -0.2) is 4.39 Å². The molecule has 0 fully saturated rings. The molecule has 0 bridgehead atoms. The van der Waals surface area contributed by atoms with Crippen molar-refractivity contribution in [2.45, 2.75) is 25.4 Å². The lowest BCUT2D eigenvalue weighted by Crippen LogP contribution is -2.37. The number of halogens is 1. The lowest BCUT2D eigenvalue weighted by molar-refractivity contribution is 0.449. The summed E-state index contributed by atoms with van der Waals surface area (Å²) in [5.74, 6) is 0.00994. The smallest absolute Gasteiger partial charge is 0.123 e. The Hall–Kier alpha value is -1.87. The fourth-order valence-electron chi connectivity index (χ4n) is 2.76. The first-order valence-corrected chi connectivity index (χ1v) is 6.47. The minimum atomic E-state index is -0.237. The van der Waals surface area contributed by atoms with Crippen LogP contribution in [-0.2, 0) is 6.42 Å². The third-order valence-corrected chi connectivity index (χ3v) is 3.60. The van der Waals surface area contributed by atoms with Crippen molar-refractivity contribution in [2.75, 3.05) is 0 Å². The molecule has 0 aliphatic carbocycles. The second-order valence-corrected chi connectivity index (χ2v) is 5.14. The van der Waals surface area contributed by atoms with Crippen LogP contribution in [0.15, 0.2) is 42.5 Å². The van der Waals surface area contributed by atoms with Crippen LogP contribution < -0.4 is 5.32 Å². The highest BCUT2D eigenvalue weighted by molar-refractivity contribution is 5.44. The van der Waals surface area contributed by atoms with Gasteiger partial charge in [-0.1, -0.05) is 18.2 Å². The van der Waals surface area contributed by atoms with Crippen molar-refractivity contribution in [3.05, 3.63) is 65.0 Å². The van der Waals surface area contributed by atoms with E-state index in [2.05, 4.69) is 12.2 Å². The summed E-state index contributed by atoms with van der Waals surface area (Å²) >= 11 is 0. The van der Waals surface area contributed by atoms with Crippen LogP contribution in [0.4, 0.5) is 4.39 Å². The fraction of sp³-hybridized carbons (Fsp3) is 0.250. The number of fused-ring (bicyclic) bond motifs is 1. The van der Waals surface area contributed by atoms with Gasteiger partial charge in [-0.3, -0.25) is 0 Å². The molecule has 1 heterocycles. The first kappa shape index (κ1) is 12.2. The molecule has 2 nitrogen and oxygen atoms in total. The maximum atomic E-state index is 13.4. The number of aromatic hydroxyl groups is 1. The van der Waals surface area contributed by atoms with Gasteiger partial charge < -0.3 is 10.4 Å². The van der Waals surface area contributed by atoms with E-state index in [9.17, 15) is 9.50 Å². The quantitative estimate of drug-likeness (QED) is 0.822. The molecule has 2 N–H and O–H groups in total. The van der Waals surface area contributed by atoms with Gasteiger partial charge in [-0.05, 0) is 54.3 Å². The topological polar surface area (TPSA) is 32.3 Å². The summed E-state index contributed by atoms with van der Waals surface area (Å²) < 4.78 is 13.4. The van der Waals surface area contributed by atoms with Gasteiger partial charge in [0.25, 0.3) is 0 Å². The lowest BCUT2D eigenvalue weighted by atomic mass is 9.87. The molecule has 2 atom stereocenters. The van der Waals surface area contributed by atoms with E-state index >= 15 is 0 Å². The number of rotatable bonds is 1. The van der Waals surface area contributed by atoms with Crippen molar-refractivity contribution < 1.29 is 9.50 Å². The minimum Gasteiger partial charge on any atom is -0.508 e. The molecule has 0 saturated carbocycles. The maximum absolute atomic E-state index is 13.4. The number of phenols is 1. The van der Waals surface area contributed by atoms with E-state index in [4.69, 9.17) is 0 Å². The number of hydrogen-bond donors (Lipinski definition) is 2. The lowest BCUT2D eigenvalue weighted by Gasteiger charge is -2.32. The number of nitrogens with one attached hydrogen (secondary N) is 1. The Labute approximate surface area is 111 Å². The fourth-order valence-corrected chi connectivity index (χ4v) is 2.76. The number of hydrogen-bond acceptors (Lipinski definition) is 2. The molecule has 1 aliphatic heterocycles. The van der Waals surface area contributed by atoms with Crippen LogP contribution in [0, 0.1) is 5.82 Å². The van der Waals surface area contributed by atoms with Crippen LogP contribution in [0.1, 0.15) is 29.7 Å². The highest BCUT2D eigenvalue weighted by atomic mass is 19.1. The molecule has 1 aliphatic rings. The van der Waals surface area contributed by atoms with Crippen LogP contribution in [0.5, 0.6) is 5.75 Å². The van der Waals surface area contributed by atoms with Gasteiger partial charge in [-0.15, -0.1) is 0 Å². The van der Waals surface area contributed by atoms with Gasteiger partial charge >= 0.3 is 0 Å². The Kier molecular flexibility index (Phi) is 2.99. The van der Waals surface area contributed by atoms with E-state index in [1.807, 2.05) is 12.1 Å². The molecule has 3 heteroatoms. The summed E-state index contributed by atoms with van der Waals surface area (Å²) in [6.07, 6.45) is 0.918. The van der Waals surface area contributed by atoms with Crippen LogP contribution in [0.25, 0.3) is 0 Å². The van der Waals surface area contributed by atoms with E-state index in [1.54, 1.807) is 24.3 Å². The number of phenolic OH excluding ortho intramolecular Hbond substituents is 1. The molecule has 2 unspecified atom stereocenters. The van der Waals surface area contributed by atoms with Gasteiger partial charge in [0.1, 0.15) is 11.6 Å². The molecule has 0 saturated heterocycles. The van der Waals surface area contributed by atoms with E-state index < -0.39 is 0 Å². The Morgan fingerprint density at radius 1 is 1.21 bits per heavy atom. The van der Waals surface area contributed by atoms with Crippen LogP contribution >= 0.6 is 0 Å². The Morgan fingerprint density at radius 3 is 2.84 bits per heavy atom. The average molecular weight is 257 g/mol. The van der Waals surface area contributed by atoms with Crippen LogP contribution in [0.3, 0.4) is 0 Å². The second-order valence-electron chi connectivity index (χ2n) is 5.14. The monoisotopic (exact) mass is 257 g/mol. The molecule has 98 valence electrons. The normalized spacial score (nSPS) is 22.0. The summed E-state index contributed by atoms with van der Waals surface area (Å²) in [6.45, 7) is 2.11. The molecular formula is C16H16FNO. The Bertz CT molecular complexity index is 611. The molecular weight excluding hydrogens is 241 g/mol. The third kappa shape index (κ3) is 2.34. The predicted octanol–water partition coefficient (Wildman–Crippen LogP) is 3.15. The van der Waals surface area contributed by atoms with Crippen molar-refractivity contribution in [3.63, 3.8) is 0 Å². The van der Waals surface area contributed by atoms with Gasteiger partial charge in [0.15, 0.2) is 0 Å². The second kappa shape index (κ2) is 4.67. The zero-order chi connectivity index (χ0) is 13.4. The van der Waals surface area contributed by atoms with E-state index in [0.717, 1.165) is 17.5 Å². The Balaban J connectivity index is 2.10. The highest BCUT2D eigenvalue weighted by Crippen LogP contribution is 2.33. The zero-order valence-corrected chi connectivity index (χ0v) is 10.7. The van der Waals surface area contributed by atoms with Crippen LogP contribution in [-0.4, -0.2) is 11.1 Å². The van der Waals surface area contributed by atoms with E-state index in [-0.39, 0.29) is 17.6 Å². The van der Waals surface area contributed by atoms with Crippen LogP contribution in [0.2, 0.25) is 0 Å². The maximum Gasteiger partial charge on any atom is 0.123 e. The van der Waals surface area contributed by atoms with Crippen molar-refractivity contribution >= 4 is 0 Å². The number of benzene rings is 2.